The largest absolute Gasteiger partial charge is 0.469 e. The van der Waals surface area contributed by atoms with Gasteiger partial charge in [0.15, 0.2) is 0 Å². The summed E-state index contributed by atoms with van der Waals surface area (Å²) in [5, 5.41) is 9.40. The van der Waals surface area contributed by atoms with Crippen molar-refractivity contribution in [1.82, 2.24) is 5.32 Å². The third-order valence-electron chi connectivity index (χ3n) is 1.81. The Kier molecular flexibility index (Phi) is 4.03. The molecule has 1 saturated heterocycles. The zero-order chi connectivity index (χ0) is 10.6. The van der Waals surface area contributed by atoms with Crippen molar-refractivity contribution >= 4 is 14.2 Å². The van der Waals surface area contributed by atoms with Gasteiger partial charge in [0.2, 0.25) is 0 Å². The average Bonchev–Trinajstić information content (AvgIpc) is 2.49. The molecule has 4 N–H and O–H groups in total. The van der Waals surface area contributed by atoms with E-state index in [1.807, 2.05) is 0 Å². The first kappa shape index (κ1) is 11.6. The van der Waals surface area contributed by atoms with Crippen molar-refractivity contribution in [2.24, 2.45) is 0 Å². The molecule has 1 fully saturated rings. The molecule has 0 spiro atoms. The maximum absolute atomic E-state index is 10.4. The number of phosphoric acid groups is 1. The van der Waals surface area contributed by atoms with Crippen LogP contribution in [0.15, 0.2) is 0 Å². The Morgan fingerprint density at radius 3 is 2.93 bits per heavy atom. The first-order valence-electron chi connectivity index (χ1n) is 4.12. The Morgan fingerprint density at radius 2 is 2.36 bits per heavy atom. The van der Waals surface area contributed by atoms with Crippen LogP contribution < -0.4 is 5.32 Å². The van der Waals surface area contributed by atoms with Gasteiger partial charge < -0.3 is 19.8 Å². The highest BCUT2D eigenvalue weighted by atomic mass is 31.2. The third kappa shape index (κ3) is 4.17. The van der Waals surface area contributed by atoms with Gasteiger partial charge in [-0.2, -0.15) is 0 Å². The number of hydrogen-bond acceptors (Lipinski definition) is 4. The van der Waals surface area contributed by atoms with Crippen LogP contribution in [0, 0.1) is 5.41 Å². The number of phosphoric ester groups is 1. The fourth-order valence-electron chi connectivity index (χ4n) is 1.22. The summed E-state index contributed by atoms with van der Waals surface area (Å²) >= 11 is 0. The molecule has 0 saturated carbocycles. The Morgan fingerprint density at radius 1 is 1.64 bits per heavy atom. The summed E-state index contributed by atoms with van der Waals surface area (Å²) in [6, 6.07) is 0. The van der Waals surface area contributed by atoms with Crippen molar-refractivity contribution in [2.75, 3.05) is 6.61 Å². The summed E-state index contributed by atoms with van der Waals surface area (Å²) in [7, 11) is -4.40. The van der Waals surface area contributed by atoms with Crippen LogP contribution in [0.2, 0.25) is 0 Å². The highest BCUT2D eigenvalue weighted by Gasteiger charge is 2.27. The molecule has 2 atom stereocenters. The van der Waals surface area contributed by atoms with Gasteiger partial charge in [-0.3, -0.25) is 9.93 Å². The van der Waals surface area contributed by atoms with E-state index in [0.717, 1.165) is 6.34 Å². The molecule has 1 unspecified atom stereocenters. The monoisotopic (exact) mass is 224 g/mol. The predicted octanol–water partition coefficient (Wildman–Crippen LogP) is -0.203. The van der Waals surface area contributed by atoms with Crippen molar-refractivity contribution in [1.29, 1.82) is 5.41 Å². The standard InChI is InChI=1S/C6H13N2O5P/c7-4-8-6-2-1-5(13-6)3-12-14(9,10)11/h4-6H,1-3H2,(H2,7,8)(H2,9,10,11)/t5?,6-/m1/s1. The second kappa shape index (κ2) is 4.86. The van der Waals surface area contributed by atoms with E-state index in [9.17, 15) is 4.57 Å². The van der Waals surface area contributed by atoms with Crippen molar-refractivity contribution in [3.63, 3.8) is 0 Å². The minimum Gasteiger partial charge on any atom is -0.353 e. The van der Waals surface area contributed by atoms with Crippen molar-refractivity contribution in [2.45, 2.75) is 25.2 Å². The minimum atomic E-state index is -4.40. The predicted molar refractivity (Wildman–Crippen MR) is 47.8 cm³/mol. The highest BCUT2D eigenvalue weighted by Crippen LogP contribution is 2.36. The second-order valence-electron chi connectivity index (χ2n) is 2.92. The fraction of sp³-hybridized carbons (Fsp3) is 0.833. The molecule has 0 aromatic rings. The van der Waals surface area contributed by atoms with Crippen LogP contribution >= 0.6 is 7.82 Å². The Balaban J connectivity index is 2.22. The molecule has 1 rings (SSSR count). The first-order valence-corrected chi connectivity index (χ1v) is 5.65. The summed E-state index contributed by atoms with van der Waals surface area (Å²) in [6.07, 6.45) is 1.81. The van der Waals surface area contributed by atoms with Gasteiger partial charge in [0, 0.05) is 0 Å². The van der Waals surface area contributed by atoms with Gasteiger partial charge in [0.25, 0.3) is 0 Å². The fourth-order valence-corrected chi connectivity index (χ4v) is 1.58. The number of ether oxygens (including phenoxy) is 1. The van der Waals surface area contributed by atoms with Gasteiger partial charge in [0.05, 0.1) is 19.0 Å². The molecule has 7 nitrogen and oxygen atoms in total. The normalized spacial score (nSPS) is 27.6. The van der Waals surface area contributed by atoms with Crippen molar-refractivity contribution < 1.29 is 23.6 Å². The van der Waals surface area contributed by atoms with Crippen LogP contribution in [0.4, 0.5) is 0 Å². The average molecular weight is 224 g/mol. The molecule has 1 aliphatic rings. The molecule has 0 amide bonds. The molecule has 0 radical (unpaired) electrons. The summed E-state index contributed by atoms with van der Waals surface area (Å²) in [5.74, 6) is 0. The number of hydrogen-bond donors (Lipinski definition) is 4. The smallest absolute Gasteiger partial charge is 0.353 e. The van der Waals surface area contributed by atoms with Gasteiger partial charge in [-0.1, -0.05) is 0 Å². The molecule has 8 heteroatoms. The first-order chi connectivity index (χ1) is 6.51. The molecule has 1 heterocycles. The van der Waals surface area contributed by atoms with E-state index in [4.69, 9.17) is 19.9 Å². The molecule has 0 aromatic heterocycles. The van der Waals surface area contributed by atoms with Crippen LogP contribution in [0.1, 0.15) is 12.8 Å². The van der Waals surface area contributed by atoms with E-state index < -0.39 is 7.82 Å². The Bertz CT molecular complexity index is 242. The van der Waals surface area contributed by atoms with Gasteiger partial charge in [-0.15, -0.1) is 0 Å². The molecule has 0 aliphatic carbocycles. The second-order valence-corrected chi connectivity index (χ2v) is 4.16. The molecule has 1 aliphatic heterocycles. The van der Waals surface area contributed by atoms with E-state index in [0.29, 0.717) is 12.8 Å². The number of rotatable bonds is 5. The van der Waals surface area contributed by atoms with Gasteiger partial charge in [-0.05, 0) is 12.8 Å². The molecule has 82 valence electrons. The molecule has 0 aromatic carbocycles. The summed E-state index contributed by atoms with van der Waals surface area (Å²) in [4.78, 5) is 16.9. The summed E-state index contributed by atoms with van der Waals surface area (Å²) < 4.78 is 19.9. The van der Waals surface area contributed by atoms with Gasteiger partial charge in [-0.25, -0.2) is 4.57 Å². The quantitative estimate of drug-likeness (QED) is 0.292. The molecule has 0 bridgehead atoms. The lowest BCUT2D eigenvalue weighted by molar-refractivity contribution is 0.00559. The van der Waals surface area contributed by atoms with Crippen LogP contribution in [0.3, 0.4) is 0 Å². The van der Waals surface area contributed by atoms with E-state index in [1.165, 1.54) is 0 Å². The number of nitrogens with one attached hydrogen (secondary N) is 2. The Labute approximate surface area is 81.2 Å². The van der Waals surface area contributed by atoms with Crippen molar-refractivity contribution in [3.8, 4) is 0 Å². The summed E-state index contributed by atoms with van der Waals surface area (Å²) in [6.45, 7) is -0.125. The van der Waals surface area contributed by atoms with Crippen LogP contribution in [-0.2, 0) is 13.8 Å². The lowest BCUT2D eigenvalue weighted by atomic mass is 10.2. The summed E-state index contributed by atoms with van der Waals surface area (Å²) in [5.41, 5.74) is 0. The highest BCUT2D eigenvalue weighted by molar-refractivity contribution is 7.46. The zero-order valence-electron chi connectivity index (χ0n) is 7.42. The van der Waals surface area contributed by atoms with Crippen LogP contribution in [0.25, 0.3) is 0 Å². The van der Waals surface area contributed by atoms with E-state index >= 15 is 0 Å². The minimum absolute atomic E-state index is 0.125. The molecule has 14 heavy (non-hydrogen) atoms. The van der Waals surface area contributed by atoms with Gasteiger partial charge in [0.1, 0.15) is 6.23 Å². The van der Waals surface area contributed by atoms with E-state index in [1.54, 1.807) is 0 Å². The van der Waals surface area contributed by atoms with E-state index in [2.05, 4.69) is 9.84 Å². The van der Waals surface area contributed by atoms with E-state index in [-0.39, 0.29) is 18.9 Å². The topological polar surface area (TPSA) is 112 Å². The molecular weight excluding hydrogens is 211 g/mol. The van der Waals surface area contributed by atoms with Crippen LogP contribution in [0.5, 0.6) is 0 Å². The zero-order valence-corrected chi connectivity index (χ0v) is 8.31. The maximum Gasteiger partial charge on any atom is 0.469 e. The van der Waals surface area contributed by atoms with Crippen LogP contribution in [-0.4, -0.2) is 35.1 Å². The Hall–Kier alpha value is -0.460. The van der Waals surface area contributed by atoms with Gasteiger partial charge >= 0.3 is 7.82 Å². The SMILES string of the molecule is N=CN[C@H]1CCC(COP(=O)(O)O)O1. The molecular formula is C6H13N2O5P. The third-order valence-corrected chi connectivity index (χ3v) is 2.29. The lowest BCUT2D eigenvalue weighted by Crippen LogP contribution is -2.28. The lowest BCUT2D eigenvalue weighted by Gasteiger charge is -2.13. The maximum atomic E-state index is 10.4. The van der Waals surface area contributed by atoms with Crippen molar-refractivity contribution in [3.05, 3.63) is 0 Å².